The number of hydrogen-bond acceptors (Lipinski definition) is 1. The van der Waals surface area contributed by atoms with Crippen LogP contribution < -0.4 is 0 Å². The first-order valence-electron chi connectivity index (χ1n) is 6.48. The second-order valence-corrected chi connectivity index (χ2v) is 6.19. The van der Waals surface area contributed by atoms with Crippen molar-refractivity contribution in [3.63, 3.8) is 0 Å². The molecule has 0 spiro atoms. The Labute approximate surface area is 121 Å². The molecule has 0 N–H and O–H groups in total. The third-order valence-corrected chi connectivity index (χ3v) is 4.53. The number of benzene rings is 1. The molecule has 1 aromatic heterocycles. The van der Waals surface area contributed by atoms with Crippen LogP contribution in [0.15, 0.2) is 12.1 Å². The van der Waals surface area contributed by atoms with E-state index in [2.05, 4.69) is 16.5 Å². The maximum absolute atomic E-state index is 13.7. The predicted molar refractivity (Wildman–Crippen MR) is 76.6 cm³/mol. The number of nitrogens with zero attached hydrogens (tertiary/aromatic N) is 2. The number of fused-ring (bicyclic) bond motifs is 1. The highest BCUT2D eigenvalue weighted by atomic mass is 35.5. The molecule has 0 atom stereocenters. The molecule has 1 heterocycles. The Bertz CT molecular complexity index is 632. The van der Waals surface area contributed by atoms with Crippen molar-refractivity contribution in [2.45, 2.75) is 38.1 Å². The fraction of sp³-hybridized carbons (Fsp3) is 0.500. The van der Waals surface area contributed by atoms with Crippen molar-refractivity contribution in [1.82, 2.24) is 9.55 Å². The first-order chi connectivity index (χ1) is 9.05. The number of imidazole rings is 1. The summed E-state index contributed by atoms with van der Waals surface area (Å²) in [7, 11) is 0. The van der Waals surface area contributed by atoms with Gasteiger partial charge in [-0.1, -0.05) is 11.6 Å². The molecule has 0 bridgehead atoms. The number of rotatable bonds is 3. The molecule has 0 amide bonds. The molecule has 0 radical (unpaired) electrons. The Morgan fingerprint density at radius 3 is 2.74 bits per heavy atom. The Balaban J connectivity index is 2.25. The highest BCUT2D eigenvalue weighted by molar-refractivity contribution is 6.31. The molecule has 1 aliphatic carbocycles. The van der Waals surface area contributed by atoms with Crippen molar-refractivity contribution >= 4 is 34.2 Å². The van der Waals surface area contributed by atoms with Gasteiger partial charge in [0, 0.05) is 23.9 Å². The highest BCUT2D eigenvalue weighted by Crippen LogP contribution is 2.42. The van der Waals surface area contributed by atoms with Crippen LogP contribution in [0.3, 0.4) is 0 Å². The van der Waals surface area contributed by atoms with Crippen LogP contribution >= 0.6 is 23.2 Å². The van der Waals surface area contributed by atoms with Crippen LogP contribution in [0.5, 0.6) is 0 Å². The van der Waals surface area contributed by atoms with E-state index in [1.54, 1.807) is 6.07 Å². The summed E-state index contributed by atoms with van der Waals surface area (Å²) < 4.78 is 15.9. The Kier molecular flexibility index (Phi) is 3.22. The number of alkyl halides is 1. The molecule has 0 saturated heterocycles. The van der Waals surface area contributed by atoms with Crippen LogP contribution in [0.2, 0.25) is 5.02 Å². The van der Waals surface area contributed by atoms with Gasteiger partial charge in [-0.05, 0) is 32.3 Å². The zero-order chi connectivity index (χ0) is 13.6. The van der Waals surface area contributed by atoms with E-state index in [0.29, 0.717) is 12.3 Å². The predicted octanol–water partition coefficient (Wildman–Crippen LogP) is 4.51. The lowest BCUT2D eigenvalue weighted by Gasteiger charge is -2.41. The number of aromatic nitrogens is 2. The summed E-state index contributed by atoms with van der Waals surface area (Å²) in [6.45, 7) is 2.20. The third-order valence-electron chi connectivity index (χ3n) is 4.05. The summed E-state index contributed by atoms with van der Waals surface area (Å²) >= 11 is 11.7. The van der Waals surface area contributed by atoms with Crippen LogP contribution in [0, 0.1) is 5.82 Å². The van der Waals surface area contributed by atoms with E-state index >= 15 is 0 Å². The van der Waals surface area contributed by atoms with Gasteiger partial charge in [-0.3, -0.25) is 0 Å². The lowest BCUT2D eigenvalue weighted by Crippen LogP contribution is -2.38. The largest absolute Gasteiger partial charge is 0.322 e. The Hall–Kier alpha value is -0.800. The number of halogens is 3. The van der Waals surface area contributed by atoms with Gasteiger partial charge in [-0.25, -0.2) is 9.37 Å². The van der Waals surface area contributed by atoms with Crippen molar-refractivity contribution in [2.75, 3.05) is 5.88 Å². The van der Waals surface area contributed by atoms with Gasteiger partial charge in [-0.15, -0.1) is 11.6 Å². The zero-order valence-electron chi connectivity index (χ0n) is 10.7. The molecule has 19 heavy (non-hydrogen) atoms. The molecular formula is C14H15Cl2FN2. The molecule has 3 rings (SSSR count). The molecule has 0 unspecified atom stereocenters. The van der Waals surface area contributed by atoms with Gasteiger partial charge in [0.2, 0.25) is 0 Å². The van der Waals surface area contributed by atoms with E-state index in [4.69, 9.17) is 23.2 Å². The third kappa shape index (κ3) is 2.03. The fourth-order valence-electron chi connectivity index (χ4n) is 2.89. The van der Waals surface area contributed by atoms with E-state index in [1.165, 1.54) is 12.5 Å². The minimum Gasteiger partial charge on any atom is -0.322 e. The molecule has 2 aromatic rings. The van der Waals surface area contributed by atoms with E-state index in [-0.39, 0.29) is 10.6 Å². The summed E-state index contributed by atoms with van der Waals surface area (Å²) in [6, 6.07) is 3.09. The molecule has 1 aromatic carbocycles. The van der Waals surface area contributed by atoms with Crippen LogP contribution in [0.4, 0.5) is 4.39 Å². The van der Waals surface area contributed by atoms with Gasteiger partial charge < -0.3 is 4.57 Å². The average Bonchev–Trinajstić information content (AvgIpc) is 2.65. The molecule has 102 valence electrons. The first kappa shape index (κ1) is 13.2. The highest BCUT2D eigenvalue weighted by Gasteiger charge is 2.36. The summed E-state index contributed by atoms with van der Waals surface area (Å²) in [5.41, 5.74) is 1.61. The quantitative estimate of drug-likeness (QED) is 0.763. The Morgan fingerprint density at radius 2 is 2.16 bits per heavy atom. The van der Waals surface area contributed by atoms with Gasteiger partial charge in [-0.2, -0.15) is 0 Å². The maximum atomic E-state index is 13.7. The minimum absolute atomic E-state index is 0.0381. The standard InChI is InChI=1S/C14H15Cl2FN2/c1-14(4-2-5-14)19-12-8-10(17)9(16)7-11(12)18-13(19)3-6-15/h7-8H,2-6H2,1H3. The number of hydrogen-bond donors (Lipinski definition) is 0. The van der Waals surface area contributed by atoms with Crippen LogP contribution in [0.1, 0.15) is 32.0 Å². The molecule has 5 heteroatoms. The van der Waals surface area contributed by atoms with Crippen molar-refractivity contribution in [1.29, 1.82) is 0 Å². The molecule has 1 aliphatic rings. The van der Waals surface area contributed by atoms with Crippen LogP contribution in [0.25, 0.3) is 11.0 Å². The second kappa shape index (κ2) is 4.64. The van der Waals surface area contributed by atoms with E-state index < -0.39 is 5.82 Å². The first-order valence-corrected chi connectivity index (χ1v) is 7.39. The van der Waals surface area contributed by atoms with Gasteiger partial charge in [0.1, 0.15) is 11.6 Å². The van der Waals surface area contributed by atoms with Gasteiger partial charge >= 0.3 is 0 Å². The van der Waals surface area contributed by atoms with E-state index in [1.807, 2.05) is 0 Å². The zero-order valence-corrected chi connectivity index (χ0v) is 12.2. The smallest absolute Gasteiger partial charge is 0.144 e. The average molecular weight is 301 g/mol. The number of aryl methyl sites for hydroxylation is 1. The fourth-order valence-corrected chi connectivity index (χ4v) is 3.22. The summed E-state index contributed by atoms with van der Waals surface area (Å²) in [6.07, 6.45) is 4.08. The van der Waals surface area contributed by atoms with E-state index in [9.17, 15) is 4.39 Å². The van der Waals surface area contributed by atoms with Crippen molar-refractivity contribution in [3.8, 4) is 0 Å². The van der Waals surface area contributed by atoms with Crippen LogP contribution in [-0.4, -0.2) is 15.4 Å². The second-order valence-electron chi connectivity index (χ2n) is 5.41. The van der Waals surface area contributed by atoms with Gasteiger partial charge in [0.15, 0.2) is 0 Å². The SMILES string of the molecule is CC1(n2c(CCCl)nc3cc(Cl)c(F)cc32)CCC1. The molecule has 1 fully saturated rings. The summed E-state index contributed by atoms with van der Waals surface area (Å²) in [5.74, 6) is 1.04. The lowest BCUT2D eigenvalue weighted by atomic mass is 9.78. The molecular weight excluding hydrogens is 286 g/mol. The monoisotopic (exact) mass is 300 g/mol. The van der Waals surface area contributed by atoms with Crippen molar-refractivity contribution in [2.24, 2.45) is 0 Å². The topological polar surface area (TPSA) is 17.8 Å². The maximum Gasteiger partial charge on any atom is 0.144 e. The van der Waals surface area contributed by atoms with E-state index in [0.717, 1.165) is 29.7 Å². The van der Waals surface area contributed by atoms with Gasteiger partial charge in [0.05, 0.1) is 16.1 Å². The Morgan fingerprint density at radius 1 is 1.42 bits per heavy atom. The summed E-state index contributed by atoms with van der Waals surface area (Å²) in [4.78, 5) is 4.58. The minimum atomic E-state index is -0.393. The normalized spacial score (nSPS) is 17.7. The summed E-state index contributed by atoms with van der Waals surface area (Å²) in [5, 5.41) is 0.119. The van der Waals surface area contributed by atoms with Crippen molar-refractivity contribution in [3.05, 3.63) is 28.8 Å². The lowest BCUT2D eigenvalue weighted by molar-refractivity contribution is 0.170. The molecule has 2 nitrogen and oxygen atoms in total. The molecule has 0 aliphatic heterocycles. The van der Waals surface area contributed by atoms with Crippen LogP contribution in [-0.2, 0) is 12.0 Å². The van der Waals surface area contributed by atoms with Gasteiger partial charge in [0.25, 0.3) is 0 Å². The molecule has 1 saturated carbocycles. The van der Waals surface area contributed by atoms with Crippen molar-refractivity contribution < 1.29 is 4.39 Å².